The predicted molar refractivity (Wildman–Crippen MR) is 49.5 cm³/mol. The zero-order chi connectivity index (χ0) is 8.85. The molecule has 1 aliphatic heterocycles. The number of likely N-dealkylation sites (N-methyl/N-ethyl adjacent to an activating group) is 2. The van der Waals surface area contributed by atoms with Gasteiger partial charge in [0.15, 0.2) is 0 Å². The maximum Gasteiger partial charge on any atom is 0.0774 e. The van der Waals surface area contributed by atoms with E-state index in [2.05, 4.69) is 26.0 Å². The van der Waals surface area contributed by atoms with Gasteiger partial charge in [-0.3, -0.25) is 0 Å². The lowest BCUT2D eigenvalue weighted by atomic mass is 10.2. The molecule has 0 aliphatic carbocycles. The first-order valence-corrected chi connectivity index (χ1v) is 4.54. The molecule has 68 valence electrons. The third-order valence-electron chi connectivity index (χ3n) is 2.09. The summed E-state index contributed by atoms with van der Waals surface area (Å²) < 4.78 is 0. The third-order valence-corrected chi connectivity index (χ3v) is 2.09. The Morgan fingerprint density at radius 2 is 2.00 bits per heavy atom. The molecule has 11 heavy (non-hydrogen) atoms. The van der Waals surface area contributed by atoms with Gasteiger partial charge >= 0.3 is 0 Å². The van der Waals surface area contributed by atoms with Crippen LogP contribution < -0.4 is 4.90 Å². The Bertz CT molecular complexity index is 91.6. The summed E-state index contributed by atoms with van der Waals surface area (Å²) in [5, 5.41) is 0. The van der Waals surface area contributed by atoms with Gasteiger partial charge in [0.25, 0.3) is 0 Å². The molecule has 0 bridgehead atoms. The lowest BCUT2D eigenvalue weighted by molar-refractivity contribution is -0.857. The van der Waals surface area contributed by atoms with Crippen molar-refractivity contribution in [2.24, 2.45) is 0 Å². The van der Waals surface area contributed by atoms with Crippen LogP contribution in [0.3, 0.4) is 0 Å². The summed E-state index contributed by atoms with van der Waals surface area (Å²) in [5.74, 6) is 0. The number of likely N-dealkylation sites (tertiary alicyclic amines) is 1. The van der Waals surface area contributed by atoms with Crippen molar-refractivity contribution in [3.8, 4) is 0 Å². The van der Waals surface area contributed by atoms with E-state index in [0.717, 1.165) is 6.04 Å². The summed E-state index contributed by atoms with van der Waals surface area (Å²) in [6, 6.07) is 0.773. The Balaban J connectivity index is 0.000000461. The fraction of sp³-hybridized carbons (Fsp3) is 0.889. The summed E-state index contributed by atoms with van der Waals surface area (Å²) in [6.45, 7) is 6.47. The molecule has 1 heterocycles. The van der Waals surface area contributed by atoms with Gasteiger partial charge in [-0.1, -0.05) is 13.8 Å². The van der Waals surface area contributed by atoms with Crippen LogP contribution in [-0.2, 0) is 0 Å². The standard InChI is InChI=1S/C7H16N2.C2H6/c1-8(2)7-4-5-9(3)6-7;1-2/h7-8H,1,4-6H2,2-3H3;1-2H3. The molecule has 0 amide bonds. The van der Waals surface area contributed by atoms with Gasteiger partial charge in [0.05, 0.1) is 6.04 Å². The smallest absolute Gasteiger partial charge is 0.0774 e. The van der Waals surface area contributed by atoms with Gasteiger partial charge < -0.3 is 9.80 Å². The Hall–Kier alpha value is -0.0800. The number of nitrogens with one attached hydrogen (secondary N) is 1. The van der Waals surface area contributed by atoms with Gasteiger partial charge in [-0.15, -0.1) is 0 Å². The molecule has 2 atom stereocenters. The maximum atomic E-state index is 3.94. The second-order valence-electron chi connectivity index (χ2n) is 3.09. The molecule has 1 aliphatic rings. The molecule has 1 fully saturated rings. The number of nitrogens with zero attached hydrogens (tertiary/aromatic N) is 1. The van der Waals surface area contributed by atoms with Crippen LogP contribution in [0.5, 0.6) is 0 Å². The van der Waals surface area contributed by atoms with E-state index in [1.807, 2.05) is 13.8 Å². The van der Waals surface area contributed by atoms with E-state index in [-0.39, 0.29) is 0 Å². The first-order chi connectivity index (χ1) is 5.20. The van der Waals surface area contributed by atoms with Crippen LogP contribution in [0.2, 0.25) is 0 Å². The first kappa shape index (κ1) is 10.9. The molecular weight excluding hydrogens is 136 g/mol. The van der Waals surface area contributed by atoms with Crippen LogP contribution in [-0.4, -0.2) is 38.1 Å². The van der Waals surface area contributed by atoms with Crippen molar-refractivity contribution in [2.45, 2.75) is 26.3 Å². The van der Waals surface area contributed by atoms with Gasteiger partial charge in [0, 0.05) is 26.6 Å². The van der Waals surface area contributed by atoms with E-state index < -0.39 is 0 Å². The van der Waals surface area contributed by atoms with E-state index in [0.29, 0.717) is 0 Å². The molecule has 0 aromatic carbocycles. The monoisotopic (exact) mass is 158 g/mol. The fourth-order valence-electron chi connectivity index (χ4n) is 1.34. The average Bonchev–Trinajstić information content (AvgIpc) is 2.40. The third kappa shape index (κ3) is 3.73. The quantitative estimate of drug-likeness (QED) is 0.529. The van der Waals surface area contributed by atoms with E-state index in [1.165, 1.54) is 24.4 Å². The highest BCUT2D eigenvalue weighted by molar-refractivity contribution is 4.70. The van der Waals surface area contributed by atoms with Crippen LogP contribution >= 0.6 is 0 Å². The van der Waals surface area contributed by atoms with E-state index in [9.17, 15) is 0 Å². The minimum atomic E-state index is 0.773. The largest absolute Gasteiger partial charge is 0.467 e. The van der Waals surface area contributed by atoms with Crippen molar-refractivity contribution < 1.29 is 4.90 Å². The zero-order valence-corrected chi connectivity index (χ0v) is 8.35. The average molecular weight is 158 g/mol. The van der Waals surface area contributed by atoms with Crippen molar-refractivity contribution in [1.82, 2.24) is 4.90 Å². The van der Waals surface area contributed by atoms with E-state index >= 15 is 0 Å². The highest BCUT2D eigenvalue weighted by Crippen LogP contribution is 2.01. The van der Waals surface area contributed by atoms with Gasteiger partial charge in [0.1, 0.15) is 0 Å². The number of quaternary nitrogens is 1. The lowest BCUT2D eigenvalue weighted by Gasteiger charge is -2.22. The normalized spacial score (nSPS) is 27.5. The second kappa shape index (κ2) is 5.56. The Kier molecular flexibility index (Phi) is 5.51. The number of rotatable bonds is 1. The maximum absolute atomic E-state index is 3.94. The molecule has 2 unspecified atom stereocenters. The topological polar surface area (TPSA) is 7.68 Å². The Morgan fingerprint density at radius 1 is 1.45 bits per heavy atom. The van der Waals surface area contributed by atoms with E-state index in [4.69, 9.17) is 0 Å². The summed E-state index contributed by atoms with van der Waals surface area (Å²) in [7, 11) is 8.24. The summed E-state index contributed by atoms with van der Waals surface area (Å²) in [4.78, 5) is 3.71. The highest BCUT2D eigenvalue weighted by atomic mass is 15.2. The van der Waals surface area contributed by atoms with Gasteiger partial charge in [0.2, 0.25) is 0 Å². The van der Waals surface area contributed by atoms with Crippen molar-refractivity contribution in [3.63, 3.8) is 0 Å². The molecule has 0 spiro atoms. The Labute approximate surface area is 71.2 Å². The molecule has 0 aromatic heterocycles. The number of hydrogen-bond acceptors (Lipinski definition) is 1. The van der Waals surface area contributed by atoms with Crippen LogP contribution in [0.25, 0.3) is 0 Å². The van der Waals surface area contributed by atoms with Crippen molar-refractivity contribution in [1.29, 1.82) is 0 Å². The summed E-state index contributed by atoms with van der Waals surface area (Å²) in [6.07, 6.45) is 1.31. The minimum Gasteiger partial charge on any atom is -0.467 e. The number of hydrogen-bond donors (Lipinski definition) is 1. The molecular formula is C9H22N2. The molecule has 0 aromatic rings. The van der Waals surface area contributed by atoms with Crippen molar-refractivity contribution >= 4 is 0 Å². The van der Waals surface area contributed by atoms with Crippen LogP contribution in [0.15, 0.2) is 0 Å². The molecule has 0 radical (unpaired) electrons. The molecule has 1 rings (SSSR count). The van der Waals surface area contributed by atoms with Gasteiger partial charge in [-0.25, -0.2) is 0 Å². The summed E-state index contributed by atoms with van der Waals surface area (Å²) in [5.41, 5.74) is 0. The van der Waals surface area contributed by atoms with Crippen molar-refractivity contribution in [3.05, 3.63) is 7.05 Å². The Morgan fingerprint density at radius 3 is 2.18 bits per heavy atom. The molecule has 2 heteroatoms. The molecule has 2 nitrogen and oxygen atoms in total. The molecule has 1 N–H and O–H groups in total. The van der Waals surface area contributed by atoms with Crippen LogP contribution in [0.1, 0.15) is 20.3 Å². The van der Waals surface area contributed by atoms with E-state index in [1.54, 1.807) is 0 Å². The minimum absolute atomic E-state index is 0.773. The van der Waals surface area contributed by atoms with Crippen LogP contribution in [0, 0.1) is 7.05 Å². The summed E-state index contributed by atoms with van der Waals surface area (Å²) >= 11 is 0. The van der Waals surface area contributed by atoms with Crippen molar-refractivity contribution in [2.75, 3.05) is 27.2 Å². The zero-order valence-electron chi connectivity index (χ0n) is 8.35. The fourth-order valence-corrected chi connectivity index (χ4v) is 1.34. The SMILES string of the molecule is CC.[CH2-][NH+](C)C1CCN(C)C1. The second-order valence-corrected chi connectivity index (χ2v) is 3.09. The highest BCUT2D eigenvalue weighted by Gasteiger charge is 2.21. The molecule has 1 saturated heterocycles. The van der Waals surface area contributed by atoms with Crippen LogP contribution in [0.4, 0.5) is 0 Å². The predicted octanol–water partition coefficient (Wildman–Crippen LogP) is 0.0230. The first-order valence-electron chi connectivity index (χ1n) is 4.54. The van der Waals surface area contributed by atoms with Gasteiger partial charge in [-0.2, -0.15) is 7.05 Å². The van der Waals surface area contributed by atoms with Gasteiger partial charge in [-0.05, 0) is 7.05 Å². The lowest BCUT2D eigenvalue weighted by Crippen LogP contribution is -3.08. The molecule has 0 saturated carbocycles.